The van der Waals surface area contributed by atoms with Crippen LogP contribution in [0.25, 0.3) is 0 Å². The van der Waals surface area contributed by atoms with Gasteiger partial charge in [-0.25, -0.2) is 4.98 Å². The lowest BCUT2D eigenvalue weighted by Crippen LogP contribution is -2.12. The maximum absolute atomic E-state index is 5.53. The van der Waals surface area contributed by atoms with Crippen LogP contribution < -0.4 is 5.32 Å². The van der Waals surface area contributed by atoms with E-state index in [1.807, 2.05) is 16.8 Å². The first-order valence-electron chi connectivity index (χ1n) is 5.67. The standard InChI is InChI=1S/C12H21N3O/c1-4-5-13-12-14-6-7-15(12)8-9-16-10-11(2)3/h4,6-7,11H,1,5,8-10H2,2-3H3,(H,13,14). The first-order valence-corrected chi connectivity index (χ1v) is 5.67. The van der Waals surface area contributed by atoms with Gasteiger partial charge in [0.05, 0.1) is 6.61 Å². The fourth-order valence-corrected chi connectivity index (χ4v) is 1.30. The molecule has 4 nitrogen and oxygen atoms in total. The van der Waals surface area contributed by atoms with Crippen molar-refractivity contribution in [1.82, 2.24) is 9.55 Å². The minimum atomic E-state index is 0.584. The van der Waals surface area contributed by atoms with E-state index >= 15 is 0 Å². The Balaban J connectivity index is 2.29. The van der Waals surface area contributed by atoms with Gasteiger partial charge in [0.25, 0.3) is 0 Å². The summed E-state index contributed by atoms with van der Waals surface area (Å²) in [6.45, 7) is 11.0. The zero-order valence-corrected chi connectivity index (χ0v) is 10.1. The van der Waals surface area contributed by atoms with Crippen LogP contribution in [0.1, 0.15) is 13.8 Å². The van der Waals surface area contributed by atoms with Gasteiger partial charge in [-0.15, -0.1) is 6.58 Å². The highest BCUT2D eigenvalue weighted by Gasteiger charge is 2.01. The van der Waals surface area contributed by atoms with Gasteiger partial charge in [0.1, 0.15) is 0 Å². The average Bonchev–Trinajstić information content (AvgIpc) is 2.69. The molecule has 1 rings (SSSR count). The quantitative estimate of drug-likeness (QED) is 0.542. The lowest BCUT2D eigenvalue weighted by atomic mass is 10.2. The molecule has 1 aromatic rings. The summed E-state index contributed by atoms with van der Waals surface area (Å²) in [4.78, 5) is 4.22. The normalized spacial score (nSPS) is 10.7. The van der Waals surface area contributed by atoms with E-state index in [0.717, 1.165) is 32.3 Å². The second-order valence-electron chi connectivity index (χ2n) is 4.08. The van der Waals surface area contributed by atoms with Crippen molar-refractivity contribution < 1.29 is 4.74 Å². The van der Waals surface area contributed by atoms with Crippen molar-refractivity contribution in [1.29, 1.82) is 0 Å². The molecular formula is C12H21N3O. The highest BCUT2D eigenvalue weighted by molar-refractivity contribution is 5.26. The van der Waals surface area contributed by atoms with E-state index in [-0.39, 0.29) is 0 Å². The number of anilines is 1. The third-order valence-electron chi connectivity index (χ3n) is 2.05. The molecule has 0 aliphatic rings. The Morgan fingerprint density at radius 2 is 2.44 bits per heavy atom. The predicted octanol–water partition coefficient (Wildman–Crippen LogP) is 2.15. The van der Waals surface area contributed by atoms with Crippen LogP contribution in [0.4, 0.5) is 5.95 Å². The number of hydrogen-bond donors (Lipinski definition) is 1. The molecule has 16 heavy (non-hydrogen) atoms. The fourth-order valence-electron chi connectivity index (χ4n) is 1.30. The Kier molecular flexibility index (Phi) is 5.64. The Labute approximate surface area is 97.3 Å². The van der Waals surface area contributed by atoms with E-state index in [1.54, 1.807) is 6.20 Å². The Hall–Kier alpha value is -1.29. The van der Waals surface area contributed by atoms with Crippen molar-refractivity contribution in [3.63, 3.8) is 0 Å². The molecule has 0 bridgehead atoms. The molecule has 0 aromatic carbocycles. The molecule has 1 heterocycles. The van der Waals surface area contributed by atoms with Crippen LogP contribution in [0.2, 0.25) is 0 Å². The van der Waals surface area contributed by atoms with Crippen molar-refractivity contribution in [2.45, 2.75) is 20.4 Å². The Bertz CT molecular complexity index is 307. The van der Waals surface area contributed by atoms with E-state index in [1.165, 1.54) is 0 Å². The highest BCUT2D eigenvalue weighted by atomic mass is 16.5. The molecule has 4 heteroatoms. The number of hydrogen-bond acceptors (Lipinski definition) is 3. The van der Waals surface area contributed by atoms with Gasteiger partial charge in [-0.05, 0) is 5.92 Å². The van der Waals surface area contributed by atoms with Gasteiger partial charge in [0, 0.05) is 32.1 Å². The van der Waals surface area contributed by atoms with Crippen LogP contribution in [-0.4, -0.2) is 29.3 Å². The van der Waals surface area contributed by atoms with E-state index in [0.29, 0.717) is 5.92 Å². The second-order valence-corrected chi connectivity index (χ2v) is 4.08. The van der Waals surface area contributed by atoms with E-state index < -0.39 is 0 Å². The number of nitrogens with zero attached hydrogens (tertiary/aromatic N) is 2. The molecule has 0 aliphatic heterocycles. The topological polar surface area (TPSA) is 39.1 Å². The zero-order chi connectivity index (χ0) is 11.8. The smallest absolute Gasteiger partial charge is 0.203 e. The maximum atomic E-state index is 5.53. The van der Waals surface area contributed by atoms with Crippen molar-refractivity contribution >= 4 is 5.95 Å². The minimum absolute atomic E-state index is 0.584. The minimum Gasteiger partial charge on any atom is -0.379 e. The molecule has 1 aromatic heterocycles. The molecule has 0 atom stereocenters. The molecule has 0 saturated heterocycles. The van der Waals surface area contributed by atoms with Crippen molar-refractivity contribution in [2.24, 2.45) is 5.92 Å². The number of rotatable bonds is 8. The first-order chi connectivity index (χ1) is 7.74. The predicted molar refractivity (Wildman–Crippen MR) is 66.6 cm³/mol. The first kappa shape index (κ1) is 12.8. The summed E-state index contributed by atoms with van der Waals surface area (Å²) in [5.41, 5.74) is 0. The number of imidazole rings is 1. The largest absolute Gasteiger partial charge is 0.379 e. The molecule has 0 radical (unpaired) electrons. The van der Waals surface area contributed by atoms with Gasteiger partial charge < -0.3 is 14.6 Å². The second kappa shape index (κ2) is 7.06. The third-order valence-corrected chi connectivity index (χ3v) is 2.05. The van der Waals surface area contributed by atoms with E-state index in [9.17, 15) is 0 Å². The number of nitrogens with one attached hydrogen (secondary N) is 1. The summed E-state index contributed by atoms with van der Waals surface area (Å²) < 4.78 is 7.58. The Morgan fingerprint density at radius 1 is 1.62 bits per heavy atom. The molecule has 0 saturated carbocycles. The van der Waals surface area contributed by atoms with Gasteiger partial charge in [-0.3, -0.25) is 0 Å². The lowest BCUT2D eigenvalue weighted by molar-refractivity contribution is 0.103. The highest BCUT2D eigenvalue weighted by Crippen LogP contribution is 2.03. The van der Waals surface area contributed by atoms with E-state index in [2.05, 4.69) is 30.7 Å². The van der Waals surface area contributed by atoms with Gasteiger partial charge >= 0.3 is 0 Å². The Morgan fingerprint density at radius 3 is 3.12 bits per heavy atom. The summed E-state index contributed by atoms with van der Waals surface area (Å²) >= 11 is 0. The summed E-state index contributed by atoms with van der Waals surface area (Å²) in [5.74, 6) is 1.45. The fraction of sp³-hybridized carbons (Fsp3) is 0.583. The third kappa shape index (κ3) is 4.49. The monoisotopic (exact) mass is 223 g/mol. The van der Waals surface area contributed by atoms with Crippen molar-refractivity contribution in [3.8, 4) is 0 Å². The molecular weight excluding hydrogens is 202 g/mol. The van der Waals surface area contributed by atoms with Gasteiger partial charge in [0.15, 0.2) is 0 Å². The summed E-state index contributed by atoms with van der Waals surface area (Å²) in [6.07, 6.45) is 5.55. The average molecular weight is 223 g/mol. The van der Waals surface area contributed by atoms with Crippen LogP contribution in [0.15, 0.2) is 25.0 Å². The van der Waals surface area contributed by atoms with E-state index in [4.69, 9.17) is 4.74 Å². The van der Waals surface area contributed by atoms with Gasteiger partial charge in [0.2, 0.25) is 5.95 Å². The van der Waals surface area contributed by atoms with Gasteiger partial charge in [-0.2, -0.15) is 0 Å². The molecule has 0 fully saturated rings. The zero-order valence-electron chi connectivity index (χ0n) is 10.1. The van der Waals surface area contributed by atoms with Crippen LogP contribution in [0.3, 0.4) is 0 Å². The molecule has 1 N–H and O–H groups in total. The molecule has 0 aliphatic carbocycles. The lowest BCUT2D eigenvalue weighted by Gasteiger charge is -2.10. The van der Waals surface area contributed by atoms with Gasteiger partial charge in [-0.1, -0.05) is 19.9 Å². The maximum Gasteiger partial charge on any atom is 0.203 e. The summed E-state index contributed by atoms with van der Waals surface area (Å²) in [5, 5.41) is 3.17. The SMILES string of the molecule is C=CCNc1nccn1CCOCC(C)C. The van der Waals surface area contributed by atoms with Crippen molar-refractivity contribution in [3.05, 3.63) is 25.0 Å². The molecule has 0 spiro atoms. The van der Waals surface area contributed by atoms with Crippen LogP contribution in [0, 0.1) is 5.92 Å². The summed E-state index contributed by atoms with van der Waals surface area (Å²) in [7, 11) is 0. The number of ether oxygens (including phenoxy) is 1. The van der Waals surface area contributed by atoms with Crippen molar-refractivity contribution in [2.75, 3.05) is 25.1 Å². The number of aromatic nitrogens is 2. The van der Waals surface area contributed by atoms with Crippen LogP contribution in [-0.2, 0) is 11.3 Å². The molecule has 90 valence electrons. The molecule has 0 unspecified atom stereocenters. The van der Waals surface area contributed by atoms with Crippen LogP contribution >= 0.6 is 0 Å². The summed E-state index contributed by atoms with van der Waals surface area (Å²) in [6, 6.07) is 0. The molecule has 0 amide bonds. The van der Waals surface area contributed by atoms with Crippen LogP contribution in [0.5, 0.6) is 0 Å².